The second-order valence-corrected chi connectivity index (χ2v) is 10.8. The molecule has 0 atom stereocenters. The van der Waals surface area contributed by atoms with Crippen LogP contribution in [0, 0.1) is 13.8 Å². The Labute approximate surface area is 251 Å². The van der Waals surface area contributed by atoms with Gasteiger partial charge in [-0.15, -0.1) is 0 Å². The number of nitrogens with zero attached hydrogens (tertiary/aromatic N) is 1. The van der Waals surface area contributed by atoms with Crippen LogP contribution in [-0.2, 0) is 4.79 Å². The van der Waals surface area contributed by atoms with Crippen LogP contribution >= 0.6 is 0 Å². The van der Waals surface area contributed by atoms with Crippen LogP contribution in [0.5, 0.6) is 5.75 Å². The monoisotopic (exact) mass is 611 g/mol. The predicted octanol–water partition coefficient (Wildman–Crippen LogP) is 7.22. The SMILES string of the molecule is Cc1ccc(C(C)C)c(OC(=O)NCCCCNCCCN(C(=O)O)c2cc(C)ccc2C(C)C)c1.O=C(O)C(F)(F)F. The largest absolute Gasteiger partial charge is 0.490 e. The van der Waals surface area contributed by atoms with Gasteiger partial charge < -0.3 is 25.6 Å². The van der Waals surface area contributed by atoms with E-state index >= 15 is 0 Å². The van der Waals surface area contributed by atoms with Crippen molar-refractivity contribution in [2.24, 2.45) is 0 Å². The van der Waals surface area contributed by atoms with E-state index in [0.29, 0.717) is 18.8 Å². The van der Waals surface area contributed by atoms with Gasteiger partial charge in [0.25, 0.3) is 0 Å². The third kappa shape index (κ3) is 13.8. The minimum Gasteiger partial charge on any atom is -0.475 e. The van der Waals surface area contributed by atoms with Crippen LogP contribution < -0.4 is 20.3 Å². The highest BCUT2D eigenvalue weighted by atomic mass is 19.4. The Morgan fingerprint density at radius 1 is 0.837 bits per heavy atom. The van der Waals surface area contributed by atoms with E-state index in [0.717, 1.165) is 60.3 Å². The van der Waals surface area contributed by atoms with Gasteiger partial charge in [0.1, 0.15) is 5.75 Å². The number of halogens is 3. The summed E-state index contributed by atoms with van der Waals surface area (Å²) in [5.41, 5.74) is 4.95. The highest BCUT2D eigenvalue weighted by molar-refractivity contribution is 5.87. The van der Waals surface area contributed by atoms with Crippen molar-refractivity contribution in [1.29, 1.82) is 0 Å². The van der Waals surface area contributed by atoms with E-state index in [1.165, 1.54) is 4.90 Å². The Hall–Kier alpha value is -3.80. The highest BCUT2D eigenvalue weighted by Crippen LogP contribution is 2.29. The number of hydrogen-bond donors (Lipinski definition) is 4. The van der Waals surface area contributed by atoms with Crippen molar-refractivity contribution in [2.45, 2.75) is 78.8 Å². The first kappa shape index (κ1) is 37.2. The number of rotatable bonds is 13. The Bertz CT molecular complexity index is 1200. The maximum Gasteiger partial charge on any atom is 0.490 e. The summed E-state index contributed by atoms with van der Waals surface area (Å²) in [6.45, 7) is 14.8. The number of anilines is 1. The van der Waals surface area contributed by atoms with Crippen LogP contribution in [-0.4, -0.2) is 60.7 Å². The lowest BCUT2D eigenvalue weighted by Gasteiger charge is -2.24. The van der Waals surface area contributed by atoms with Crippen LogP contribution in [0.2, 0.25) is 0 Å². The molecule has 0 saturated carbocycles. The third-order valence-electron chi connectivity index (χ3n) is 6.35. The molecule has 0 heterocycles. The summed E-state index contributed by atoms with van der Waals surface area (Å²) in [4.78, 5) is 34.5. The van der Waals surface area contributed by atoms with Gasteiger partial charge in [0.15, 0.2) is 0 Å². The fourth-order valence-corrected chi connectivity index (χ4v) is 4.09. The van der Waals surface area contributed by atoms with Gasteiger partial charge in [-0.25, -0.2) is 14.4 Å². The number of amides is 2. The molecule has 0 radical (unpaired) electrons. The number of aryl methyl sites for hydroxylation is 2. The maximum atomic E-state index is 12.2. The topological polar surface area (TPSA) is 128 Å². The average molecular weight is 612 g/mol. The smallest absolute Gasteiger partial charge is 0.475 e. The lowest BCUT2D eigenvalue weighted by atomic mass is 9.98. The molecule has 2 aromatic rings. The number of carbonyl (C=O) groups excluding carboxylic acids is 1. The van der Waals surface area contributed by atoms with E-state index < -0.39 is 24.3 Å². The van der Waals surface area contributed by atoms with Gasteiger partial charge >= 0.3 is 24.3 Å². The van der Waals surface area contributed by atoms with E-state index in [9.17, 15) is 27.9 Å². The molecule has 0 aliphatic heterocycles. The highest BCUT2D eigenvalue weighted by Gasteiger charge is 2.38. The summed E-state index contributed by atoms with van der Waals surface area (Å²) in [6, 6.07) is 11.9. The van der Waals surface area contributed by atoms with E-state index in [2.05, 4.69) is 38.3 Å². The Balaban J connectivity index is 0.00000117. The number of alkyl halides is 3. The fourth-order valence-electron chi connectivity index (χ4n) is 4.09. The minimum absolute atomic E-state index is 0.250. The lowest BCUT2D eigenvalue weighted by molar-refractivity contribution is -0.192. The van der Waals surface area contributed by atoms with Gasteiger partial charge in [0.2, 0.25) is 0 Å². The molecule has 0 bridgehead atoms. The van der Waals surface area contributed by atoms with Gasteiger partial charge in [-0.1, -0.05) is 52.0 Å². The van der Waals surface area contributed by atoms with E-state index in [-0.39, 0.29) is 11.8 Å². The number of benzene rings is 2. The Kier molecular flexibility index (Phi) is 15.6. The first-order chi connectivity index (χ1) is 20.0. The summed E-state index contributed by atoms with van der Waals surface area (Å²) in [7, 11) is 0. The quantitative estimate of drug-likeness (QED) is 0.176. The van der Waals surface area contributed by atoms with E-state index in [4.69, 9.17) is 14.6 Å². The number of carboxylic acid groups (broad SMARTS) is 2. The number of unbranched alkanes of at least 4 members (excludes halogenated alkanes) is 1. The molecule has 0 unspecified atom stereocenters. The van der Waals surface area contributed by atoms with Gasteiger partial charge in [0, 0.05) is 13.1 Å². The van der Waals surface area contributed by atoms with Crippen LogP contribution in [0.4, 0.5) is 28.4 Å². The van der Waals surface area contributed by atoms with E-state index in [1.54, 1.807) is 0 Å². The molecule has 9 nitrogen and oxygen atoms in total. The standard InChI is InChI=1S/C29H43N3O4.C2HF3O2/c1-20(2)24-12-10-22(5)18-26(24)32(29(34)35)17-9-15-30-14-7-8-16-31-28(33)36-27-19-23(6)11-13-25(27)21(3)4;3-2(4,5)1(6)7/h10-13,18-21,30H,7-9,14-17H2,1-6H3,(H,31,33)(H,34,35);(H,6,7). The average Bonchev–Trinajstić information content (AvgIpc) is 2.89. The number of ether oxygens (including phenoxy) is 1. The van der Waals surface area contributed by atoms with Crippen molar-refractivity contribution < 1.29 is 42.5 Å². The summed E-state index contributed by atoms with van der Waals surface area (Å²) < 4.78 is 37.3. The first-order valence-corrected chi connectivity index (χ1v) is 14.2. The molecule has 43 heavy (non-hydrogen) atoms. The summed E-state index contributed by atoms with van der Waals surface area (Å²) in [5, 5.41) is 23.1. The van der Waals surface area contributed by atoms with Crippen LogP contribution in [0.1, 0.15) is 81.0 Å². The summed E-state index contributed by atoms with van der Waals surface area (Å²) in [6.07, 6.45) is -3.99. The normalized spacial score (nSPS) is 11.1. The molecule has 0 fully saturated rings. The molecule has 0 aromatic heterocycles. The van der Waals surface area contributed by atoms with Crippen molar-refractivity contribution in [3.05, 3.63) is 58.7 Å². The number of aliphatic carboxylic acids is 1. The second-order valence-electron chi connectivity index (χ2n) is 10.8. The molecule has 240 valence electrons. The number of carboxylic acids is 1. The zero-order chi connectivity index (χ0) is 32.7. The lowest BCUT2D eigenvalue weighted by Crippen LogP contribution is -2.33. The van der Waals surface area contributed by atoms with Gasteiger partial charge in [-0.05, 0) is 92.4 Å². The van der Waals surface area contributed by atoms with Crippen LogP contribution in [0.3, 0.4) is 0 Å². The predicted molar refractivity (Wildman–Crippen MR) is 160 cm³/mol. The molecule has 12 heteroatoms. The number of hydrogen-bond acceptors (Lipinski definition) is 5. The van der Waals surface area contributed by atoms with Crippen LogP contribution in [0.15, 0.2) is 36.4 Å². The zero-order valence-electron chi connectivity index (χ0n) is 25.7. The molecule has 0 spiro atoms. The van der Waals surface area contributed by atoms with Gasteiger partial charge in [-0.3, -0.25) is 4.90 Å². The van der Waals surface area contributed by atoms with Gasteiger partial charge in [-0.2, -0.15) is 13.2 Å². The first-order valence-electron chi connectivity index (χ1n) is 14.2. The molecule has 4 N–H and O–H groups in total. The summed E-state index contributed by atoms with van der Waals surface area (Å²) >= 11 is 0. The minimum atomic E-state index is -5.08. The fraction of sp³-hybridized carbons (Fsp3) is 0.516. The Morgan fingerprint density at radius 2 is 1.35 bits per heavy atom. The molecular formula is C31H44F3N3O6. The molecule has 2 aromatic carbocycles. The molecule has 0 aliphatic carbocycles. The Morgan fingerprint density at radius 3 is 1.88 bits per heavy atom. The van der Waals surface area contributed by atoms with Crippen molar-refractivity contribution in [3.8, 4) is 5.75 Å². The summed E-state index contributed by atoms with van der Waals surface area (Å²) in [5.74, 6) is -1.62. The zero-order valence-corrected chi connectivity index (χ0v) is 25.7. The van der Waals surface area contributed by atoms with Crippen molar-refractivity contribution in [1.82, 2.24) is 10.6 Å². The number of carbonyl (C=O) groups is 3. The maximum absolute atomic E-state index is 12.2. The van der Waals surface area contributed by atoms with Crippen LogP contribution in [0.25, 0.3) is 0 Å². The molecular weight excluding hydrogens is 567 g/mol. The molecule has 2 amide bonds. The van der Waals surface area contributed by atoms with Crippen molar-refractivity contribution in [3.63, 3.8) is 0 Å². The third-order valence-corrected chi connectivity index (χ3v) is 6.35. The second kappa shape index (κ2) is 18.0. The molecule has 0 saturated heterocycles. The van der Waals surface area contributed by atoms with Gasteiger partial charge in [0.05, 0.1) is 5.69 Å². The number of nitrogens with one attached hydrogen (secondary N) is 2. The molecule has 2 rings (SSSR count). The molecule has 0 aliphatic rings. The van der Waals surface area contributed by atoms with E-state index in [1.807, 2.05) is 50.2 Å². The van der Waals surface area contributed by atoms with Crippen molar-refractivity contribution >= 4 is 23.8 Å². The van der Waals surface area contributed by atoms with Crippen molar-refractivity contribution in [2.75, 3.05) is 31.1 Å².